The molecule has 0 aromatic heterocycles. The number of nitrogens with one attached hydrogen (secondary N) is 1. The summed E-state index contributed by atoms with van der Waals surface area (Å²) in [5.74, 6) is 0.250. The van der Waals surface area contributed by atoms with Crippen LogP contribution >= 0.6 is 15.9 Å². The zero-order valence-corrected chi connectivity index (χ0v) is 12.4. The number of halogens is 1. The molecule has 17 heavy (non-hydrogen) atoms. The molecule has 96 valence electrons. The van der Waals surface area contributed by atoms with Crippen LogP contribution in [-0.4, -0.2) is 11.8 Å². The quantitative estimate of drug-likeness (QED) is 0.838. The molecule has 0 amide bonds. The van der Waals surface area contributed by atoms with Gasteiger partial charge in [0, 0.05) is 18.2 Å². The van der Waals surface area contributed by atoms with Gasteiger partial charge in [-0.05, 0) is 40.6 Å². The highest BCUT2D eigenvalue weighted by atomic mass is 79.9. The summed E-state index contributed by atoms with van der Waals surface area (Å²) < 4.78 is 0.794. The third-order valence-corrected chi connectivity index (χ3v) is 4.71. The van der Waals surface area contributed by atoms with Crippen LogP contribution in [-0.2, 0) is 4.79 Å². The number of carbonyl (C=O) groups excluding carboxylic acids is 1. The molecule has 1 saturated carbocycles. The largest absolute Gasteiger partial charge is 0.385 e. The minimum absolute atomic E-state index is 0.103. The Morgan fingerprint density at radius 1 is 1.18 bits per heavy atom. The SMILES string of the molecule is CC1(C)CC(=O)C(Br)=C(NC2CCCCC2)C1. The van der Waals surface area contributed by atoms with Crippen molar-refractivity contribution < 1.29 is 4.79 Å². The smallest absolute Gasteiger partial charge is 0.172 e. The van der Waals surface area contributed by atoms with E-state index in [0.717, 1.165) is 16.6 Å². The van der Waals surface area contributed by atoms with Crippen LogP contribution in [0.15, 0.2) is 10.2 Å². The summed E-state index contributed by atoms with van der Waals surface area (Å²) in [4.78, 5) is 11.9. The Labute approximate surface area is 112 Å². The van der Waals surface area contributed by atoms with Gasteiger partial charge >= 0.3 is 0 Å². The van der Waals surface area contributed by atoms with E-state index in [1.807, 2.05) is 0 Å². The molecule has 0 heterocycles. The van der Waals surface area contributed by atoms with E-state index in [4.69, 9.17) is 0 Å². The Hall–Kier alpha value is -0.310. The zero-order chi connectivity index (χ0) is 12.5. The van der Waals surface area contributed by atoms with Crippen molar-refractivity contribution in [2.75, 3.05) is 0 Å². The molecule has 0 aromatic carbocycles. The predicted molar refractivity (Wildman–Crippen MR) is 74.0 cm³/mol. The lowest BCUT2D eigenvalue weighted by molar-refractivity contribution is -0.117. The second-order valence-corrected chi connectivity index (χ2v) is 7.01. The molecule has 2 aliphatic rings. The van der Waals surface area contributed by atoms with Crippen LogP contribution in [0.1, 0.15) is 58.8 Å². The minimum Gasteiger partial charge on any atom is -0.385 e. The van der Waals surface area contributed by atoms with E-state index in [1.165, 1.54) is 32.1 Å². The van der Waals surface area contributed by atoms with Crippen LogP contribution in [0.2, 0.25) is 0 Å². The maximum Gasteiger partial charge on any atom is 0.172 e. The first-order valence-electron chi connectivity index (χ1n) is 6.66. The first kappa shape index (κ1) is 13.1. The number of Topliss-reactive ketones (excluding diaryl/α,β-unsaturated/α-hetero) is 1. The number of hydrogen-bond donors (Lipinski definition) is 1. The molecule has 0 saturated heterocycles. The Morgan fingerprint density at radius 2 is 1.82 bits per heavy atom. The van der Waals surface area contributed by atoms with E-state index >= 15 is 0 Å². The lowest BCUT2D eigenvalue weighted by Gasteiger charge is -2.34. The summed E-state index contributed by atoms with van der Waals surface area (Å²) >= 11 is 3.47. The summed E-state index contributed by atoms with van der Waals surface area (Å²) in [6, 6.07) is 0.577. The standard InChI is InChI=1S/C14H22BrNO/c1-14(2)8-11(13(15)12(17)9-14)16-10-6-4-3-5-7-10/h10,16H,3-9H2,1-2H3. The molecule has 0 radical (unpaired) electrons. The maximum absolute atomic E-state index is 11.9. The van der Waals surface area contributed by atoms with Gasteiger partial charge in [0.05, 0.1) is 4.48 Å². The van der Waals surface area contributed by atoms with Crippen LogP contribution < -0.4 is 5.32 Å². The topological polar surface area (TPSA) is 29.1 Å². The van der Waals surface area contributed by atoms with Gasteiger partial charge in [0.15, 0.2) is 5.78 Å². The van der Waals surface area contributed by atoms with Crippen molar-refractivity contribution in [1.82, 2.24) is 5.32 Å². The lowest BCUT2D eigenvalue weighted by Crippen LogP contribution is -2.36. The van der Waals surface area contributed by atoms with Crippen LogP contribution in [0.25, 0.3) is 0 Å². The van der Waals surface area contributed by atoms with Gasteiger partial charge in [0.25, 0.3) is 0 Å². The highest BCUT2D eigenvalue weighted by molar-refractivity contribution is 9.12. The van der Waals surface area contributed by atoms with Crippen molar-refractivity contribution in [1.29, 1.82) is 0 Å². The van der Waals surface area contributed by atoms with Crippen LogP contribution in [0.4, 0.5) is 0 Å². The first-order chi connectivity index (χ1) is 7.98. The molecule has 0 unspecified atom stereocenters. The van der Waals surface area contributed by atoms with Gasteiger partial charge in [-0.1, -0.05) is 33.1 Å². The number of allylic oxidation sites excluding steroid dienone is 2. The molecule has 1 fully saturated rings. The fourth-order valence-corrected chi connectivity index (χ4v) is 3.30. The van der Waals surface area contributed by atoms with Crippen molar-refractivity contribution in [3.8, 4) is 0 Å². The number of rotatable bonds is 2. The Balaban J connectivity index is 2.07. The Bertz CT molecular complexity index is 340. The second-order valence-electron chi connectivity index (χ2n) is 6.21. The summed E-state index contributed by atoms with van der Waals surface area (Å²) in [6.45, 7) is 4.35. The van der Waals surface area contributed by atoms with Gasteiger partial charge in [-0.15, -0.1) is 0 Å². The third kappa shape index (κ3) is 3.34. The predicted octanol–water partition coefficient (Wildman–Crippen LogP) is 3.90. The fraction of sp³-hybridized carbons (Fsp3) is 0.786. The summed E-state index contributed by atoms with van der Waals surface area (Å²) in [5.41, 5.74) is 1.24. The van der Waals surface area contributed by atoms with Crippen LogP contribution in [0.5, 0.6) is 0 Å². The molecule has 1 N–H and O–H groups in total. The molecule has 0 spiro atoms. The maximum atomic E-state index is 11.9. The highest BCUT2D eigenvalue weighted by Crippen LogP contribution is 2.38. The Kier molecular flexibility index (Phi) is 3.96. The van der Waals surface area contributed by atoms with E-state index in [1.54, 1.807) is 0 Å². The molecule has 3 heteroatoms. The molecule has 0 aromatic rings. The van der Waals surface area contributed by atoms with E-state index in [9.17, 15) is 4.79 Å². The second kappa shape index (κ2) is 5.13. The van der Waals surface area contributed by atoms with Crippen LogP contribution in [0.3, 0.4) is 0 Å². The van der Waals surface area contributed by atoms with E-state index < -0.39 is 0 Å². The third-order valence-electron chi connectivity index (χ3n) is 3.79. The average Bonchev–Trinajstić information content (AvgIpc) is 2.26. The van der Waals surface area contributed by atoms with E-state index in [2.05, 4.69) is 35.1 Å². The fourth-order valence-electron chi connectivity index (χ4n) is 2.91. The van der Waals surface area contributed by atoms with Crippen molar-refractivity contribution in [2.24, 2.45) is 5.41 Å². The van der Waals surface area contributed by atoms with Crippen molar-refractivity contribution in [3.63, 3.8) is 0 Å². The van der Waals surface area contributed by atoms with Crippen molar-refractivity contribution >= 4 is 21.7 Å². The average molecular weight is 300 g/mol. The molecule has 2 aliphatic carbocycles. The van der Waals surface area contributed by atoms with Crippen LogP contribution in [0, 0.1) is 5.41 Å². The van der Waals surface area contributed by atoms with Crippen molar-refractivity contribution in [3.05, 3.63) is 10.2 Å². The molecule has 0 aliphatic heterocycles. The normalized spacial score (nSPS) is 26.2. The van der Waals surface area contributed by atoms with Gasteiger partial charge in [0.1, 0.15) is 0 Å². The van der Waals surface area contributed by atoms with Gasteiger partial charge < -0.3 is 5.32 Å². The highest BCUT2D eigenvalue weighted by Gasteiger charge is 2.32. The van der Waals surface area contributed by atoms with Crippen molar-refractivity contribution in [2.45, 2.75) is 64.8 Å². The number of hydrogen-bond acceptors (Lipinski definition) is 2. The summed E-state index contributed by atoms with van der Waals surface area (Å²) in [7, 11) is 0. The van der Waals surface area contributed by atoms with Gasteiger partial charge in [-0.3, -0.25) is 4.79 Å². The Morgan fingerprint density at radius 3 is 2.47 bits per heavy atom. The summed E-state index contributed by atoms with van der Waals surface area (Å²) in [6.07, 6.45) is 8.14. The number of ketones is 1. The molecular weight excluding hydrogens is 278 g/mol. The molecule has 2 nitrogen and oxygen atoms in total. The van der Waals surface area contributed by atoms with Gasteiger partial charge in [0.2, 0.25) is 0 Å². The molecule has 0 bridgehead atoms. The van der Waals surface area contributed by atoms with E-state index in [0.29, 0.717) is 12.5 Å². The monoisotopic (exact) mass is 299 g/mol. The minimum atomic E-state index is 0.103. The zero-order valence-electron chi connectivity index (χ0n) is 10.8. The molecular formula is C14H22BrNO. The van der Waals surface area contributed by atoms with E-state index in [-0.39, 0.29) is 11.2 Å². The summed E-state index contributed by atoms with van der Waals surface area (Å²) in [5, 5.41) is 3.61. The molecule has 2 rings (SSSR count). The lowest BCUT2D eigenvalue weighted by atomic mass is 9.78. The number of carbonyl (C=O) groups is 1. The van der Waals surface area contributed by atoms with Gasteiger partial charge in [-0.25, -0.2) is 0 Å². The first-order valence-corrected chi connectivity index (χ1v) is 7.46. The van der Waals surface area contributed by atoms with Gasteiger partial charge in [-0.2, -0.15) is 0 Å². The molecule has 0 atom stereocenters.